The van der Waals surface area contributed by atoms with Gasteiger partial charge in [-0.25, -0.2) is 4.79 Å². The van der Waals surface area contributed by atoms with Crippen LogP contribution >= 0.6 is 0 Å². The molecule has 0 aliphatic heterocycles. The topological polar surface area (TPSA) is 64.4 Å². The summed E-state index contributed by atoms with van der Waals surface area (Å²) in [4.78, 5) is 12.2. The second-order valence-corrected chi connectivity index (χ2v) is 3.00. The summed E-state index contributed by atoms with van der Waals surface area (Å²) < 4.78 is 0. The third-order valence-electron chi connectivity index (χ3n) is 2.00. The molecule has 0 bridgehead atoms. The summed E-state index contributed by atoms with van der Waals surface area (Å²) in [6.45, 7) is 5.67. The van der Waals surface area contributed by atoms with Gasteiger partial charge in [0.05, 0.1) is 11.4 Å². The van der Waals surface area contributed by atoms with E-state index in [0.29, 0.717) is 5.84 Å². The smallest absolute Gasteiger partial charge is 0.335 e. The summed E-state index contributed by atoms with van der Waals surface area (Å²) in [7, 11) is 1.76. The summed E-state index contributed by atoms with van der Waals surface area (Å²) in [6.07, 6.45) is 0. The van der Waals surface area contributed by atoms with Crippen molar-refractivity contribution in [3.05, 3.63) is 29.8 Å². The molecule has 1 aromatic carbocycles. The lowest BCUT2D eigenvalue weighted by atomic mass is 10.2. The molecule has 0 aliphatic rings. The quantitative estimate of drug-likeness (QED) is 0.597. The number of benzene rings is 1. The molecule has 0 aromatic heterocycles. The highest BCUT2D eigenvalue weighted by molar-refractivity contribution is 5.94. The maximum absolute atomic E-state index is 10.6. The number of nitrogens with zero attached hydrogens (tertiary/aromatic N) is 1. The largest absolute Gasteiger partial charge is 0.478 e. The van der Waals surface area contributed by atoms with Gasteiger partial charge in [0.2, 0.25) is 0 Å². The Hall–Kier alpha value is -1.84. The molecule has 1 aromatic rings. The predicted molar refractivity (Wildman–Crippen MR) is 66.6 cm³/mol. The van der Waals surface area contributed by atoms with Gasteiger partial charge in [-0.2, -0.15) is 0 Å². The van der Waals surface area contributed by atoms with Gasteiger partial charge < -0.3 is 10.0 Å². The first kappa shape index (κ1) is 14.2. The van der Waals surface area contributed by atoms with Gasteiger partial charge in [0.15, 0.2) is 0 Å². The van der Waals surface area contributed by atoms with E-state index in [1.807, 2.05) is 13.8 Å². The van der Waals surface area contributed by atoms with Crippen LogP contribution in [0.5, 0.6) is 0 Å². The molecular weight excluding hydrogens is 204 g/mol. The Morgan fingerprint density at radius 2 is 1.69 bits per heavy atom. The molecule has 1 rings (SSSR count). The van der Waals surface area contributed by atoms with Gasteiger partial charge in [-0.15, -0.1) is 0 Å². The van der Waals surface area contributed by atoms with E-state index in [9.17, 15) is 4.79 Å². The summed E-state index contributed by atoms with van der Waals surface area (Å²) in [5.74, 6) is -0.529. The van der Waals surface area contributed by atoms with E-state index >= 15 is 0 Å². The van der Waals surface area contributed by atoms with Crippen molar-refractivity contribution in [3.8, 4) is 0 Å². The Kier molecular flexibility index (Phi) is 5.85. The molecule has 16 heavy (non-hydrogen) atoms. The van der Waals surface area contributed by atoms with E-state index in [1.165, 1.54) is 12.1 Å². The van der Waals surface area contributed by atoms with Gasteiger partial charge in [0.25, 0.3) is 0 Å². The lowest BCUT2D eigenvalue weighted by Gasteiger charge is -2.17. The average Bonchev–Trinajstić information content (AvgIpc) is 2.30. The Labute approximate surface area is 96.0 Å². The summed E-state index contributed by atoms with van der Waals surface area (Å²) in [6, 6.07) is 6.41. The second-order valence-electron chi connectivity index (χ2n) is 3.00. The summed E-state index contributed by atoms with van der Waals surface area (Å²) in [5.41, 5.74) is 1.06. The molecule has 0 atom stereocenters. The fraction of sp³-hybridized carbons (Fsp3) is 0.333. The number of hydrogen-bond donors (Lipinski definition) is 2. The SMILES string of the molecule is CC.CC(=N)N(C)c1ccc(C(=O)O)cc1. The van der Waals surface area contributed by atoms with Crippen molar-refractivity contribution in [2.45, 2.75) is 20.8 Å². The number of nitrogens with one attached hydrogen (secondary N) is 1. The molecule has 0 aliphatic carbocycles. The van der Waals surface area contributed by atoms with Crippen LogP contribution in [-0.4, -0.2) is 24.0 Å². The molecule has 2 N–H and O–H groups in total. The maximum Gasteiger partial charge on any atom is 0.335 e. The average molecular weight is 222 g/mol. The molecule has 0 spiro atoms. The molecule has 4 nitrogen and oxygen atoms in total. The molecular formula is C12H18N2O2. The van der Waals surface area contributed by atoms with Crippen LogP contribution in [-0.2, 0) is 0 Å². The highest BCUT2D eigenvalue weighted by Crippen LogP contribution is 2.13. The number of anilines is 1. The zero-order chi connectivity index (χ0) is 12.7. The molecule has 88 valence electrons. The van der Waals surface area contributed by atoms with Gasteiger partial charge in [-0.3, -0.25) is 5.41 Å². The summed E-state index contributed by atoms with van der Waals surface area (Å²) >= 11 is 0. The number of hydrogen-bond acceptors (Lipinski definition) is 2. The molecule has 0 unspecified atom stereocenters. The van der Waals surface area contributed by atoms with E-state index in [2.05, 4.69) is 0 Å². The molecule has 0 saturated heterocycles. The van der Waals surface area contributed by atoms with Gasteiger partial charge in [-0.1, -0.05) is 13.8 Å². The van der Waals surface area contributed by atoms with Crippen molar-refractivity contribution in [2.24, 2.45) is 0 Å². The number of carbonyl (C=O) groups is 1. The third-order valence-corrected chi connectivity index (χ3v) is 2.00. The number of carboxylic acids is 1. The molecule has 4 heteroatoms. The van der Waals surface area contributed by atoms with Crippen molar-refractivity contribution in [1.29, 1.82) is 5.41 Å². The minimum atomic E-state index is -0.939. The van der Waals surface area contributed by atoms with Gasteiger partial charge in [0.1, 0.15) is 0 Å². The third kappa shape index (κ3) is 3.73. The van der Waals surface area contributed by atoms with Crippen molar-refractivity contribution in [3.63, 3.8) is 0 Å². The number of amidine groups is 1. The van der Waals surface area contributed by atoms with E-state index < -0.39 is 5.97 Å². The second kappa shape index (κ2) is 6.61. The van der Waals surface area contributed by atoms with Crippen LogP contribution in [0.3, 0.4) is 0 Å². The lowest BCUT2D eigenvalue weighted by molar-refractivity contribution is 0.0697. The van der Waals surface area contributed by atoms with Gasteiger partial charge >= 0.3 is 5.97 Å². The van der Waals surface area contributed by atoms with E-state index in [-0.39, 0.29) is 5.56 Å². The van der Waals surface area contributed by atoms with Crippen LogP contribution in [0.1, 0.15) is 31.1 Å². The van der Waals surface area contributed by atoms with Crippen LogP contribution < -0.4 is 4.90 Å². The monoisotopic (exact) mass is 222 g/mol. The maximum atomic E-state index is 10.6. The zero-order valence-corrected chi connectivity index (χ0v) is 10.1. The minimum Gasteiger partial charge on any atom is -0.478 e. The molecule has 0 saturated carbocycles. The fourth-order valence-corrected chi connectivity index (χ4v) is 1.02. The molecule has 0 heterocycles. The van der Waals surface area contributed by atoms with Crippen LogP contribution in [0.25, 0.3) is 0 Å². The van der Waals surface area contributed by atoms with Gasteiger partial charge in [0, 0.05) is 12.7 Å². The van der Waals surface area contributed by atoms with Crippen molar-refractivity contribution in [1.82, 2.24) is 0 Å². The first-order chi connectivity index (χ1) is 7.52. The van der Waals surface area contributed by atoms with Gasteiger partial charge in [-0.05, 0) is 31.2 Å². The van der Waals surface area contributed by atoms with Crippen LogP contribution in [0.2, 0.25) is 0 Å². The number of aromatic carboxylic acids is 1. The van der Waals surface area contributed by atoms with E-state index in [0.717, 1.165) is 5.69 Å². The molecule has 0 amide bonds. The predicted octanol–water partition coefficient (Wildman–Crippen LogP) is 2.84. The number of rotatable bonds is 2. The first-order valence-electron chi connectivity index (χ1n) is 5.14. The Morgan fingerprint density at radius 1 is 1.25 bits per heavy atom. The highest BCUT2D eigenvalue weighted by Gasteiger charge is 2.05. The molecule has 0 fully saturated rings. The first-order valence-corrected chi connectivity index (χ1v) is 5.14. The normalized spacial score (nSPS) is 8.75. The van der Waals surface area contributed by atoms with Crippen LogP contribution in [0.15, 0.2) is 24.3 Å². The van der Waals surface area contributed by atoms with Crippen molar-refractivity contribution >= 4 is 17.5 Å². The van der Waals surface area contributed by atoms with Crippen LogP contribution in [0, 0.1) is 5.41 Å². The molecule has 0 radical (unpaired) electrons. The number of carboxylic acid groups (broad SMARTS) is 1. The minimum absolute atomic E-state index is 0.254. The summed E-state index contributed by atoms with van der Waals surface area (Å²) in [5, 5.41) is 16.1. The lowest BCUT2D eigenvalue weighted by Crippen LogP contribution is -2.22. The Balaban J connectivity index is 0.00000106. The van der Waals surface area contributed by atoms with Crippen molar-refractivity contribution in [2.75, 3.05) is 11.9 Å². The Morgan fingerprint density at radius 3 is 2.00 bits per heavy atom. The Bertz CT molecular complexity index is 358. The fourth-order valence-electron chi connectivity index (χ4n) is 1.02. The van der Waals surface area contributed by atoms with Crippen LogP contribution in [0.4, 0.5) is 5.69 Å². The standard InChI is InChI=1S/C10H12N2O2.C2H6/c1-7(11)12(2)9-5-3-8(4-6-9)10(13)14;1-2/h3-6,11H,1-2H3,(H,13,14);1-2H3. The highest BCUT2D eigenvalue weighted by atomic mass is 16.4. The van der Waals surface area contributed by atoms with Crippen molar-refractivity contribution < 1.29 is 9.90 Å². The zero-order valence-electron chi connectivity index (χ0n) is 10.1. The van der Waals surface area contributed by atoms with E-state index in [1.54, 1.807) is 31.0 Å². The van der Waals surface area contributed by atoms with E-state index in [4.69, 9.17) is 10.5 Å².